The van der Waals surface area contributed by atoms with Crippen molar-refractivity contribution in [1.82, 2.24) is 15.3 Å². The van der Waals surface area contributed by atoms with Crippen molar-refractivity contribution in [2.75, 3.05) is 11.9 Å². The maximum atomic E-state index is 13.7. The summed E-state index contributed by atoms with van der Waals surface area (Å²) < 4.78 is 31.9. The van der Waals surface area contributed by atoms with Crippen LogP contribution < -0.4 is 15.4 Å². The summed E-state index contributed by atoms with van der Waals surface area (Å²) in [5.74, 6) is -1.03. The molecule has 0 aliphatic heterocycles. The summed E-state index contributed by atoms with van der Waals surface area (Å²) in [6.45, 7) is 2.80. The van der Waals surface area contributed by atoms with Gasteiger partial charge in [0.05, 0.1) is 6.20 Å². The predicted molar refractivity (Wildman–Crippen MR) is 87.2 cm³/mol. The molecule has 0 saturated carbocycles. The van der Waals surface area contributed by atoms with Crippen molar-refractivity contribution < 1.29 is 13.5 Å². The van der Waals surface area contributed by atoms with Crippen LogP contribution in [-0.4, -0.2) is 21.6 Å². The zero-order valence-corrected chi connectivity index (χ0v) is 13.3. The maximum Gasteiger partial charge on any atom is 0.318 e. The summed E-state index contributed by atoms with van der Waals surface area (Å²) in [6.07, 6.45) is 1.89. The molecule has 5 nitrogen and oxygen atoms in total. The van der Waals surface area contributed by atoms with Gasteiger partial charge < -0.3 is 15.4 Å². The van der Waals surface area contributed by atoms with Gasteiger partial charge in [-0.25, -0.2) is 13.8 Å². The largest absolute Gasteiger partial charge is 0.459 e. The summed E-state index contributed by atoms with van der Waals surface area (Å²) in [6, 6.07) is 5.82. The lowest BCUT2D eigenvalue weighted by Crippen LogP contribution is -2.29. The molecule has 0 amide bonds. The van der Waals surface area contributed by atoms with E-state index in [-0.39, 0.29) is 29.4 Å². The molecule has 0 aliphatic rings. The fourth-order valence-electron chi connectivity index (χ4n) is 1.63. The maximum absolute atomic E-state index is 13.7. The lowest BCUT2D eigenvalue weighted by Gasteiger charge is -2.10. The molecule has 2 aromatic rings. The van der Waals surface area contributed by atoms with Crippen LogP contribution in [0.2, 0.25) is 0 Å². The highest BCUT2D eigenvalue weighted by atomic mass is 32.1. The Hall–Kier alpha value is -2.35. The van der Waals surface area contributed by atoms with E-state index in [9.17, 15) is 8.78 Å². The number of benzene rings is 1. The molecule has 23 heavy (non-hydrogen) atoms. The lowest BCUT2D eigenvalue weighted by molar-refractivity contribution is 0.280. The molecule has 1 aromatic carbocycles. The number of nitrogens with one attached hydrogen (secondary N) is 2. The molecular weight excluding hydrogens is 322 g/mol. The molecular formula is C15H16F2N4OS. The second kappa shape index (κ2) is 8.33. The SMILES string of the molecule is CCCNC(=S)Nc1nc(OCc2ccc(F)cc2)ncc1F. The van der Waals surface area contributed by atoms with Gasteiger partial charge in [-0.2, -0.15) is 4.98 Å². The van der Waals surface area contributed by atoms with Gasteiger partial charge in [0.25, 0.3) is 0 Å². The van der Waals surface area contributed by atoms with Crippen molar-refractivity contribution in [2.45, 2.75) is 20.0 Å². The van der Waals surface area contributed by atoms with E-state index in [4.69, 9.17) is 17.0 Å². The third kappa shape index (κ3) is 5.41. The summed E-state index contributed by atoms with van der Waals surface area (Å²) in [7, 11) is 0. The monoisotopic (exact) mass is 338 g/mol. The van der Waals surface area contributed by atoms with E-state index < -0.39 is 5.82 Å². The van der Waals surface area contributed by atoms with E-state index in [1.807, 2.05) is 6.92 Å². The summed E-state index contributed by atoms with van der Waals surface area (Å²) in [5.41, 5.74) is 0.744. The number of hydrogen-bond acceptors (Lipinski definition) is 4. The molecule has 0 saturated heterocycles. The van der Waals surface area contributed by atoms with Crippen LogP contribution in [0.5, 0.6) is 6.01 Å². The fraction of sp³-hybridized carbons (Fsp3) is 0.267. The van der Waals surface area contributed by atoms with Gasteiger partial charge in [-0.05, 0) is 36.3 Å². The highest BCUT2D eigenvalue weighted by Crippen LogP contribution is 2.14. The summed E-state index contributed by atoms with van der Waals surface area (Å²) in [5, 5.41) is 5.84. The third-order valence-corrected chi connectivity index (χ3v) is 3.02. The minimum atomic E-state index is -0.639. The van der Waals surface area contributed by atoms with Gasteiger partial charge >= 0.3 is 6.01 Å². The Morgan fingerprint density at radius 1 is 1.26 bits per heavy atom. The third-order valence-electron chi connectivity index (χ3n) is 2.77. The van der Waals surface area contributed by atoms with Gasteiger partial charge in [0.15, 0.2) is 16.7 Å². The first-order valence-corrected chi connectivity index (χ1v) is 7.44. The molecule has 0 spiro atoms. The predicted octanol–water partition coefficient (Wildman–Crippen LogP) is 3.03. The molecule has 2 N–H and O–H groups in total. The molecule has 2 rings (SSSR count). The van der Waals surface area contributed by atoms with Crippen molar-refractivity contribution in [3.05, 3.63) is 47.7 Å². The zero-order chi connectivity index (χ0) is 16.7. The standard InChI is InChI=1S/C15H16F2N4OS/c1-2-7-18-15(23)21-13-12(17)8-19-14(20-13)22-9-10-3-5-11(16)6-4-10/h3-6,8H,2,7,9H2,1H3,(H2,18,19,20,21,23). The first-order valence-electron chi connectivity index (χ1n) is 7.03. The number of halogens is 2. The van der Waals surface area contributed by atoms with E-state index in [2.05, 4.69) is 20.6 Å². The van der Waals surface area contributed by atoms with E-state index in [1.54, 1.807) is 12.1 Å². The number of thiocarbonyl (C=S) groups is 1. The molecule has 0 fully saturated rings. The van der Waals surface area contributed by atoms with Gasteiger partial charge in [-0.3, -0.25) is 0 Å². The Kier molecular flexibility index (Phi) is 6.16. The topological polar surface area (TPSA) is 59.1 Å². The first-order chi connectivity index (χ1) is 11.1. The zero-order valence-electron chi connectivity index (χ0n) is 12.5. The van der Waals surface area contributed by atoms with Crippen LogP contribution in [0, 0.1) is 11.6 Å². The van der Waals surface area contributed by atoms with Crippen LogP contribution >= 0.6 is 12.2 Å². The average molecular weight is 338 g/mol. The van der Waals surface area contributed by atoms with Gasteiger partial charge in [0.2, 0.25) is 0 Å². The normalized spacial score (nSPS) is 10.2. The van der Waals surface area contributed by atoms with Gasteiger partial charge in [0.1, 0.15) is 12.4 Å². The van der Waals surface area contributed by atoms with E-state index in [1.165, 1.54) is 12.1 Å². The first kappa shape index (κ1) is 17.0. The van der Waals surface area contributed by atoms with Crippen LogP contribution in [0.15, 0.2) is 30.5 Å². The van der Waals surface area contributed by atoms with Crippen molar-refractivity contribution in [3.63, 3.8) is 0 Å². The summed E-state index contributed by atoms with van der Waals surface area (Å²) >= 11 is 5.03. The second-order valence-electron chi connectivity index (χ2n) is 4.65. The quantitative estimate of drug-likeness (QED) is 0.790. The van der Waals surface area contributed by atoms with E-state index in [0.29, 0.717) is 6.54 Å². The smallest absolute Gasteiger partial charge is 0.318 e. The van der Waals surface area contributed by atoms with E-state index >= 15 is 0 Å². The number of nitrogens with zero attached hydrogens (tertiary/aromatic N) is 2. The second-order valence-corrected chi connectivity index (χ2v) is 5.05. The average Bonchev–Trinajstić information content (AvgIpc) is 2.55. The number of hydrogen-bond donors (Lipinski definition) is 2. The molecule has 0 aliphatic carbocycles. The van der Waals surface area contributed by atoms with Gasteiger partial charge in [-0.15, -0.1) is 0 Å². The van der Waals surface area contributed by atoms with Crippen LogP contribution in [-0.2, 0) is 6.61 Å². The molecule has 0 unspecified atom stereocenters. The number of ether oxygens (including phenoxy) is 1. The number of rotatable bonds is 6. The molecule has 0 bridgehead atoms. The number of aromatic nitrogens is 2. The van der Waals surface area contributed by atoms with Crippen LogP contribution in [0.4, 0.5) is 14.6 Å². The molecule has 122 valence electrons. The van der Waals surface area contributed by atoms with Crippen LogP contribution in [0.25, 0.3) is 0 Å². The molecule has 8 heteroatoms. The van der Waals surface area contributed by atoms with Crippen LogP contribution in [0.1, 0.15) is 18.9 Å². The van der Waals surface area contributed by atoms with E-state index in [0.717, 1.165) is 18.2 Å². The van der Waals surface area contributed by atoms with Gasteiger partial charge in [0, 0.05) is 6.54 Å². The highest BCUT2D eigenvalue weighted by molar-refractivity contribution is 7.80. The van der Waals surface area contributed by atoms with Crippen molar-refractivity contribution >= 4 is 23.1 Å². The minimum absolute atomic E-state index is 0.00323. The summed E-state index contributed by atoms with van der Waals surface area (Å²) in [4.78, 5) is 7.69. The fourth-order valence-corrected chi connectivity index (χ4v) is 1.83. The molecule has 1 heterocycles. The Labute approximate surface area is 138 Å². The Bertz CT molecular complexity index is 667. The van der Waals surface area contributed by atoms with Gasteiger partial charge in [-0.1, -0.05) is 19.1 Å². The van der Waals surface area contributed by atoms with Crippen molar-refractivity contribution in [2.24, 2.45) is 0 Å². The Morgan fingerprint density at radius 3 is 2.70 bits per heavy atom. The lowest BCUT2D eigenvalue weighted by atomic mass is 10.2. The Balaban J connectivity index is 1.98. The highest BCUT2D eigenvalue weighted by Gasteiger charge is 2.09. The molecule has 1 aromatic heterocycles. The molecule has 0 atom stereocenters. The van der Waals surface area contributed by atoms with Crippen LogP contribution in [0.3, 0.4) is 0 Å². The van der Waals surface area contributed by atoms with Crippen molar-refractivity contribution in [3.8, 4) is 6.01 Å². The molecule has 0 radical (unpaired) electrons. The van der Waals surface area contributed by atoms with Crippen molar-refractivity contribution in [1.29, 1.82) is 0 Å². The minimum Gasteiger partial charge on any atom is -0.459 e. The number of anilines is 1. The Morgan fingerprint density at radius 2 is 2.00 bits per heavy atom.